The van der Waals surface area contributed by atoms with Crippen LogP contribution in [0.15, 0.2) is 53.6 Å². The Hall–Kier alpha value is -2.30. The van der Waals surface area contributed by atoms with E-state index in [4.69, 9.17) is 0 Å². The molecule has 0 aliphatic heterocycles. The lowest BCUT2D eigenvalue weighted by Gasteiger charge is -1.99. The Morgan fingerprint density at radius 1 is 0.824 bits per heavy atom. The van der Waals surface area contributed by atoms with Crippen LogP contribution in [0.5, 0.6) is 0 Å². The predicted octanol–water partition coefficient (Wildman–Crippen LogP) is 3.89. The highest BCUT2D eigenvalue weighted by Gasteiger charge is 2.04. The maximum Gasteiger partial charge on any atom is 0.245 e. The minimum absolute atomic E-state index is 0.204. The van der Waals surface area contributed by atoms with Crippen molar-refractivity contribution in [3.8, 4) is 0 Å². The molecule has 0 heterocycles. The Morgan fingerprint density at radius 3 is 1.82 bits per heavy atom. The van der Waals surface area contributed by atoms with Crippen LogP contribution in [-0.2, 0) is 0 Å². The van der Waals surface area contributed by atoms with Crippen LogP contribution >= 0.6 is 0 Å². The van der Waals surface area contributed by atoms with Crippen molar-refractivity contribution in [3.05, 3.63) is 65.4 Å². The minimum atomic E-state index is -0.427. The van der Waals surface area contributed by atoms with Gasteiger partial charge < -0.3 is 5.21 Å². The summed E-state index contributed by atoms with van der Waals surface area (Å²) in [5, 5.41) is 15.2. The maximum atomic E-state index is 12.6. The molecule has 0 N–H and O–H groups in total. The normalized spacial score (nSPS) is 11.5. The Kier molecular flexibility index (Phi) is 3.09. The van der Waals surface area contributed by atoms with Crippen LogP contribution in [-0.4, -0.2) is 4.86 Å². The average molecular weight is 234 g/mol. The first-order chi connectivity index (χ1) is 8.15. The first-order valence-corrected chi connectivity index (χ1v) is 4.85. The molecule has 0 fully saturated rings. The SMILES string of the molecule is [O-][N+](=Nc1ccc(F)cc1)c1ccc(F)cc1. The van der Waals surface area contributed by atoms with Gasteiger partial charge in [-0.05, 0) is 36.4 Å². The fourth-order valence-corrected chi connectivity index (χ4v) is 1.24. The van der Waals surface area contributed by atoms with Crippen LogP contribution in [0, 0.1) is 16.8 Å². The van der Waals surface area contributed by atoms with Crippen LogP contribution in [0.25, 0.3) is 0 Å². The number of benzene rings is 2. The van der Waals surface area contributed by atoms with E-state index in [1.165, 1.54) is 48.5 Å². The lowest BCUT2D eigenvalue weighted by atomic mass is 10.3. The molecular formula is C12H8F2N2O. The standard InChI is InChI=1S/C12H8F2N2O/c13-9-1-5-11(6-2-9)15-16(17)12-7-3-10(14)4-8-12/h1-8H. The van der Waals surface area contributed by atoms with Gasteiger partial charge in [-0.3, -0.25) is 0 Å². The van der Waals surface area contributed by atoms with Crippen molar-refractivity contribution in [1.29, 1.82) is 0 Å². The van der Waals surface area contributed by atoms with Gasteiger partial charge in [0.25, 0.3) is 0 Å². The summed E-state index contributed by atoms with van der Waals surface area (Å²) < 4.78 is 25.2. The highest BCUT2D eigenvalue weighted by molar-refractivity contribution is 5.35. The molecule has 2 rings (SSSR count). The van der Waals surface area contributed by atoms with Crippen LogP contribution in [0.2, 0.25) is 0 Å². The van der Waals surface area contributed by atoms with Crippen molar-refractivity contribution >= 4 is 11.4 Å². The van der Waals surface area contributed by atoms with Gasteiger partial charge in [0.2, 0.25) is 5.69 Å². The summed E-state index contributed by atoms with van der Waals surface area (Å²) in [4.78, 5) is 0.354. The van der Waals surface area contributed by atoms with Crippen molar-refractivity contribution in [2.45, 2.75) is 0 Å². The summed E-state index contributed by atoms with van der Waals surface area (Å²) in [6.07, 6.45) is 0. The summed E-state index contributed by atoms with van der Waals surface area (Å²) in [7, 11) is 0. The van der Waals surface area contributed by atoms with Crippen molar-refractivity contribution in [2.75, 3.05) is 0 Å². The second kappa shape index (κ2) is 4.69. The van der Waals surface area contributed by atoms with E-state index in [1.54, 1.807) is 0 Å². The van der Waals surface area contributed by atoms with E-state index >= 15 is 0 Å². The molecule has 0 radical (unpaired) electrons. The third-order valence-electron chi connectivity index (χ3n) is 2.08. The molecule has 17 heavy (non-hydrogen) atoms. The molecule has 0 aromatic heterocycles. The molecule has 0 spiro atoms. The number of halogens is 2. The molecule has 0 unspecified atom stereocenters. The minimum Gasteiger partial charge on any atom is -0.594 e. The molecule has 86 valence electrons. The Labute approximate surface area is 96.2 Å². The second-order valence-corrected chi connectivity index (χ2v) is 3.33. The van der Waals surface area contributed by atoms with E-state index in [0.29, 0.717) is 10.5 Å². The van der Waals surface area contributed by atoms with Gasteiger partial charge in [-0.25, -0.2) is 8.78 Å². The first kappa shape index (κ1) is 11.2. The van der Waals surface area contributed by atoms with Crippen molar-refractivity contribution in [1.82, 2.24) is 0 Å². The number of hydrogen-bond donors (Lipinski definition) is 0. The Bertz CT molecular complexity index is 535. The third-order valence-corrected chi connectivity index (χ3v) is 2.08. The first-order valence-electron chi connectivity index (χ1n) is 4.85. The summed E-state index contributed by atoms with van der Waals surface area (Å²) >= 11 is 0. The molecule has 2 aromatic carbocycles. The fourth-order valence-electron chi connectivity index (χ4n) is 1.24. The van der Waals surface area contributed by atoms with Gasteiger partial charge in [0.1, 0.15) is 17.3 Å². The summed E-state index contributed by atoms with van der Waals surface area (Å²) in [6.45, 7) is 0. The molecule has 0 aliphatic rings. The molecule has 0 atom stereocenters. The molecule has 0 aliphatic carbocycles. The molecule has 0 saturated carbocycles. The molecule has 0 amide bonds. The molecule has 0 bridgehead atoms. The highest BCUT2D eigenvalue weighted by atomic mass is 19.1. The topological polar surface area (TPSA) is 38.4 Å². The highest BCUT2D eigenvalue weighted by Crippen LogP contribution is 2.17. The van der Waals surface area contributed by atoms with Crippen LogP contribution in [0.1, 0.15) is 0 Å². The summed E-state index contributed by atoms with van der Waals surface area (Å²) in [6, 6.07) is 10.1. The van der Waals surface area contributed by atoms with Crippen LogP contribution in [0.4, 0.5) is 20.2 Å². The number of azo groups is 1. The zero-order valence-corrected chi connectivity index (χ0v) is 8.68. The zero-order chi connectivity index (χ0) is 12.3. The monoisotopic (exact) mass is 234 g/mol. The van der Waals surface area contributed by atoms with Crippen molar-refractivity contribution < 1.29 is 13.6 Å². The van der Waals surface area contributed by atoms with Gasteiger partial charge in [0.15, 0.2) is 0 Å². The molecule has 5 heteroatoms. The van der Waals surface area contributed by atoms with E-state index in [9.17, 15) is 14.0 Å². The van der Waals surface area contributed by atoms with Crippen LogP contribution < -0.4 is 0 Å². The maximum absolute atomic E-state index is 12.6. The van der Waals surface area contributed by atoms with Crippen molar-refractivity contribution in [3.63, 3.8) is 0 Å². The average Bonchev–Trinajstić information content (AvgIpc) is 2.33. The summed E-state index contributed by atoms with van der Waals surface area (Å²) in [5.74, 6) is -0.827. The Morgan fingerprint density at radius 2 is 1.29 bits per heavy atom. The van der Waals surface area contributed by atoms with Gasteiger partial charge in [0.05, 0.1) is 0 Å². The largest absolute Gasteiger partial charge is 0.594 e. The van der Waals surface area contributed by atoms with E-state index in [2.05, 4.69) is 5.11 Å². The number of nitrogens with zero attached hydrogens (tertiary/aromatic N) is 2. The second-order valence-electron chi connectivity index (χ2n) is 3.33. The van der Waals surface area contributed by atoms with Crippen LogP contribution in [0.3, 0.4) is 0 Å². The zero-order valence-electron chi connectivity index (χ0n) is 8.68. The molecule has 0 saturated heterocycles. The van der Waals surface area contributed by atoms with E-state index < -0.39 is 11.6 Å². The van der Waals surface area contributed by atoms with Gasteiger partial charge in [-0.1, -0.05) is 4.86 Å². The van der Waals surface area contributed by atoms with E-state index in [0.717, 1.165) is 0 Å². The molecule has 3 nitrogen and oxygen atoms in total. The quantitative estimate of drug-likeness (QED) is 0.441. The Balaban J connectivity index is 2.27. The van der Waals surface area contributed by atoms with E-state index in [-0.39, 0.29) is 5.69 Å². The fraction of sp³-hybridized carbons (Fsp3) is 0. The van der Waals surface area contributed by atoms with Gasteiger partial charge >= 0.3 is 0 Å². The summed E-state index contributed by atoms with van der Waals surface area (Å²) in [5.41, 5.74) is 0.529. The van der Waals surface area contributed by atoms with Gasteiger partial charge in [0, 0.05) is 17.2 Å². The predicted molar refractivity (Wildman–Crippen MR) is 58.2 cm³/mol. The lowest BCUT2D eigenvalue weighted by molar-refractivity contribution is -0.435. The van der Waals surface area contributed by atoms with Crippen molar-refractivity contribution in [2.24, 2.45) is 5.11 Å². The number of hydrogen-bond acceptors (Lipinski definition) is 2. The third kappa shape index (κ3) is 2.84. The number of rotatable bonds is 2. The molecule has 2 aromatic rings. The van der Waals surface area contributed by atoms with Gasteiger partial charge in [-0.15, -0.1) is 0 Å². The smallest absolute Gasteiger partial charge is 0.245 e. The molecular weight excluding hydrogens is 226 g/mol. The lowest BCUT2D eigenvalue weighted by Crippen LogP contribution is -1.90. The van der Waals surface area contributed by atoms with Gasteiger partial charge in [-0.2, -0.15) is 0 Å². The van der Waals surface area contributed by atoms with E-state index in [1.807, 2.05) is 0 Å².